The molecule has 2 N–H and O–H groups in total. The zero-order valence-corrected chi connectivity index (χ0v) is 10.7. The molecule has 17 heavy (non-hydrogen) atoms. The van der Waals surface area contributed by atoms with Gasteiger partial charge < -0.3 is 5.11 Å². The van der Waals surface area contributed by atoms with E-state index in [0.29, 0.717) is 12.0 Å². The molecule has 0 aliphatic carbocycles. The second-order valence-corrected chi connectivity index (χ2v) is 6.44. The molecule has 1 aromatic rings. The first-order valence-corrected chi connectivity index (χ1v) is 7.28. The van der Waals surface area contributed by atoms with Crippen LogP contribution in [0.3, 0.4) is 0 Å². The second kappa shape index (κ2) is 4.37. The molecule has 0 saturated heterocycles. The number of thiophene rings is 1. The summed E-state index contributed by atoms with van der Waals surface area (Å²) in [5.41, 5.74) is 0.576. The van der Waals surface area contributed by atoms with Gasteiger partial charge in [-0.2, -0.15) is 12.7 Å². The van der Waals surface area contributed by atoms with E-state index in [1.807, 2.05) is 0 Å². The maximum atomic E-state index is 11.8. The monoisotopic (exact) mass is 276 g/mol. The fraction of sp³-hybridized carbons (Fsp3) is 0.444. The van der Waals surface area contributed by atoms with E-state index in [0.717, 1.165) is 9.18 Å². The van der Waals surface area contributed by atoms with Crippen molar-refractivity contribution in [3.63, 3.8) is 0 Å². The first kappa shape index (κ1) is 12.5. The van der Waals surface area contributed by atoms with Gasteiger partial charge in [-0.1, -0.05) is 0 Å². The number of aliphatic carboxylic acids is 1. The van der Waals surface area contributed by atoms with E-state index in [9.17, 15) is 18.3 Å². The first-order valence-electron chi connectivity index (χ1n) is 4.96. The van der Waals surface area contributed by atoms with Gasteiger partial charge in [0.2, 0.25) is 0 Å². The van der Waals surface area contributed by atoms with Crippen LogP contribution in [0, 0.1) is 0 Å². The third kappa shape index (κ3) is 2.08. The summed E-state index contributed by atoms with van der Waals surface area (Å²) in [5, 5.41) is 11.0. The summed E-state index contributed by atoms with van der Waals surface area (Å²) in [6, 6.07) is 0.554. The fourth-order valence-electron chi connectivity index (χ4n) is 1.93. The Morgan fingerprint density at radius 1 is 1.65 bits per heavy atom. The zero-order chi connectivity index (χ0) is 12.6. The zero-order valence-electron chi connectivity index (χ0n) is 9.08. The van der Waals surface area contributed by atoms with Gasteiger partial charge in [-0.3, -0.25) is 4.79 Å². The number of rotatable bonds is 3. The molecule has 0 aromatic carbocycles. The molecule has 0 fully saturated rings. The highest BCUT2D eigenvalue weighted by atomic mass is 32.2. The van der Waals surface area contributed by atoms with Crippen LogP contribution in [0.5, 0.6) is 0 Å². The van der Waals surface area contributed by atoms with Gasteiger partial charge in [0.15, 0.2) is 0 Å². The lowest BCUT2D eigenvalue weighted by atomic mass is 10.0. The Morgan fingerprint density at radius 3 is 2.94 bits per heavy atom. The molecule has 0 amide bonds. The number of carboxylic acid groups (broad SMARTS) is 1. The molecule has 2 rings (SSSR count). The molecule has 0 radical (unpaired) electrons. The Hall–Kier alpha value is -0.960. The normalized spacial score (nSPS) is 21.1. The Balaban J connectivity index is 2.48. The van der Waals surface area contributed by atoms with Crippen LogP contribution in [0.15, 0.2) is 11.4 Å². The van der Waals surface area contributed by atoms with Crippen LogP contribution in [0.25, 0.3) is 0 Å². The highest BCUT2D eigenvalue weighted by Crippen LogP contribution is 2.34. The highest BCUT2D eigenvalue weighted by Gasteiger charge is 2.39. The summed E-state index contributed by atoms with van der Waals surface area (Å²) in [7, 11) is -2.45. The predicted molar refractivity (Wildman–Crippen MR) is 63.1 cm³/mol. The van der Waals surface area contributed by atoms with Crippen molar-refractivity contribution in [1.29, 1.82) is 0 Å². The SMILES string of the molecule is CNS(=O)(=O)N1CCc2sccc2C1C(=O)O. The van der Waals surface area contributed by atoms with Gasteiger partial charge in [0.05, 0.1) is 0 Å². The molecule has 0 bridgehead atoms. The topological polar surface area (TPSA) is 86.7 Å². The number of fused-ring (bicyclic) bond motifs is 1. The molecule has 94 valence electrons. The van der Waals surface area contributed by atoms with Gasteiger partial charge in [-0.05, 0) is 23.4 Å². The van der Waals surface area contributed by atoms with Crippen molar-refractivity contribution in [2.75, 3.05) is 13.6 Å². The van der Waals surface area contributed by atoms with Gasteiger partial charge in [0, 0.05) is 18.5 Å². The van der Waals surface area contributed by atoms with Crippen LogP contribution >= 0.6 is 11.3 Å². The van der Waals surface area contributed by atoms with E-state index >= 15 is 0 Å². The first-order chi connectivity index (χ1) is 7.97. The van der Waals surface area contributed by atoms with Crippen molar-refractivity contribution < 1.29 is 18.3 Å². The summed E-state index contributed by atoms with van der Waals surface area (Å²) in [6.45, 7) is 0.188. The molecule has 8 heteroatoms. The standard InChI is InChI=1S/C9H12N2O4S2/c1-10-17(14,15)11-4-2-7-6(3-5-16-7)8(11)9(12)13/h3,5,8,10H,2,4H2,1H3,(H,12,13). The van der Waals surface area contributed by atoms with Crippen molar-refractivity contribution in [2.45, 2.75) is 12.5 Å². The van der Waals surface area contributed by atoms with Crippen LogP contribution in [0.4, 0.5) is 0 Å². The van der Waals surface area contributed by atoms with E-state index in [-0.39, 0.29) is 6.54 Å². The quantitative estimate of drug-likeness (QED) is 0.825. The fourth-order valence-corrected chi connectivity index (χ4v) is 3.88. The van der Waals surface area contributed by atoms with Crippen LogP contribution in [0.1, 0.15) is 16.5 Å². The molecule has 1 atom stereocenters. The van der Waals surface area contributed by atoms with Crippen molar-refractivity contribution in [3.8, 4) is 0 Å². The summed E-state index contributed by atoms with van der Waals surface area (Å²) in [4.78, 5) is 12.2. The lowest BCUT2D eigenvalue weighted by molar-refractivity contribution is -0.142. The third-order valence-corrected chi connectivity index (χ3v) is 5.25. The van der Waals surface area contributed by atoms with E-state index < -0.39 is 22.2 Å². The summed E-state index contributed by atoms with van der Waals surface area (Å²) in [6.07, 6.45) is 0.553. The minimum atomic E-state index is -3.73. The summed E-state index contributed by atoms with van der Waals surface area (Å²) < 4.78 is 26.7. The minimum absolute atomic E-state index is 0.188. The van der Waals surface area contributed by atoms with Crippen LogP contribution in [-0.2, 0) is 21.4 Å². The van der Waals surface area contributed by atoms with Crippen molar-refractivity contribution >= 4 is 27.5 Å². The Morgan fingerprint density at radius 2 is 2.35 bits per heavy atom. The maximum Gasteiger partial charge on any atom is 0.326 e. The van der Waals surface area contributed by atoms with Gasteiger partial charge >= 0.3 is 5.97 Å². The lowest BCUT2D eigenvalue weighted by Gasteiger charge is -2.31. The largest absolute Gasteiger partial charge is 0.480 e. The molecule has 6 nitrogen and oxygen atoms in total. The molecule has 1 aliphatic rings. The number of carbonyl (C=O) groups is 1. The molecule has 2 heterocycles. The molecule has 0 saturated carbocycles. The van der Waals surface area contributed by atoms with Gasteiger partial charge in [0.1, 0.15) is 6.04 Å². The molecular formula is C9H12N2O4S2. The number of hydrogen-bond donors (Lipinski definition) is 2. The van der Waals surface area contributed by atoms with Crippen LogP contribution < -0.4 is 4.72 Å². The van der Waals surface area contributed by atoms with Crippen molar-refractivity contribution in [1.82, 2.24) is 9.03 Å². The van der Waals surface area contributed by atoms with Crippen molar-refractivity contribution in [2.24, 2.45) is 0 Å². The Bertz CT molecular complexity index is 537. The number of nitrogens with one attached hydrogen (secondary N) is 1. The average Bonchev–Trinajstić information content (AvgIpc) is 2.75. The summed E-state index contributed by atoms with van der Waals surface area (Å²) >= 11 is 1.46. The Kier molecular flexibility index (Phi) is 3.21. The summed E-state index contributed by atoms with van der Waals surface area (Å²) in [5.74, 6) is -1.15. The smallest absolute Gasteiger partial charge is 0.326 e. The molecule has 1 aliphatic heterocycles. The van der Waals surface area contributed by atoms with E-state index in [1.54, 1.807) is 11.4 Å². The number of hydrogen-bond acceptors (Lipinski definition) is 4. The van der Waals surface area contributed by atoms with Gasteiger partial charge in [0.25, 0.3) is 10.2 Å². The van der Waals surface area contributed by atoms with Crippen LogP contribution in [-0.4, -0.2) is 37.4 Å². The number of nitrogens with zero attached hydrogens (tertiary/aromatic N) is 1. The molecule has 1 unspecified atom stereocenters. The predicted octanol–water partition coefficient (Wildman–Crippen LogP) is 0.196. The highest BCUT2D eigenvalue weighted by molar-refractivity contribution is 7.87. The van der Waals surface area contributed by atoms with E-state index in [2.05, 4.69) is 4.72 Å². The Labute approximate surface area is 103 Å². The maximum absolute atomic E-state index is 11.8. The van der Waals surface area contributed by atoms with Gasteiger partial charge in [-0.25, -0.2) is 4.72 Å². The minimum Gasteiger partial charge on any atom is -0.480 e. The molecule has 0 spiro atoms. The van der Waals surface area contributed by atoms with Crippen LogP contribution in [0.2, 0.25) is 0 Å². The lowest BCUT2D eigenvalue weighted by Crippen LogP contribution is -2.47. The van der Waals surface area contributed by atoms with E-state index in [1.165, 1.54) is 18.4 Å². The van der Waals surface area contributed by atoms with Crippen molar-refractivity contribution in [3.05, 3.63) is 21.9 Å². The average molecular weight is 276 g/mol. The number of carboxylic acids is 1. The van der Waals surface area contributed by atoms with E-state index in [4.69, 9.17) is 0 Å². The molecular weight excluding hydrogens is 264 g/mol. The molecule has 1 aromatic heterocycles. The second-order valence-electron chi connectivity index (χ2n) is 3.61. The third-order valence-electron chi connectivity index (χ3n) is 2.72. The van der Waals surface area contributed by atoms with Gasteiger partial charge in [-0.15, -0.1) is 11.3 Å².